The number of amides is 1. The van der Waals surface area contributed by atoms with E-state index in [9.17, 15) is 4.79 Å². The number of carbonyl (C=O) groups excluding carboxylic acids is 1. The Hall–Kier alpha value is -2.14. The molecule has 3 rings (SSSR count). The maximum absolute atomic E-state index is 13.2. The number of halogens is 2. The summed E-state index contributed by atoms with van der Waals surface area (Å²) in [5.41, 5.74) is 1.50. The first-order valence-corrected chi connectivity index (χ1v) is 10.4. The predicted molar refractivity (Wildman–Crippen MR) is 118 cm³/mol. The zero-order valence-electron chi connectivity index (χ0n) is 15.2. The lowest BCUT2D eigenvalue weighted by Gasteiger charge is -2.19. The molecule has 6 heteroatoms. The van der Waals surface area contributed by atoms with Crippen molar-refractivity contribution in [2.24, 2.45) is 0 Å². The van der Waals surface area contributed by atoms with Crippen molar-refractivity contribution >= 4 is 46.6 Å². The van der Waals surface area contributed by atoms with Gasteiger partial charge in [-0.25, -0.2) is 0 Å². The predicted octanol–water partition coefficient (Wildman–Crippen LogP) is 6.86. The van der Waals surface area contributed by atoms with E-state index in [4.69, 9.17) is 27.9 Å². The second-order valence-corrected chi connectivity index (χ2v) is 7.89. The van der Waals surface area contributed by atoms with E-state index in [-0.39, 0.29) is 5.91 Å². The molecule has 0 heterocycles. The van der Waals surface area contributed by atoms with Crippen molar-refractivity contribution in [1.29, 1.82) is 0 Å². The molecule has 0 aliphatic rings. The van der Waals surface area contributed by atoms with Crippen molar-refractivity contribution in [3.05, 3.63) is 88.4 Å². The molecule has 0 radical (unpaired) electrons. The Morgan fingerprint density at radius 1 is 1.04 bits per heavy atom. The molecule has 1 atom stereocenters. The number of anilines is 1. The minimum atomic E-state index is -0.508. The summed E-state index contributed by atoms with van der Waals surface area (Å²) in [5, 5.41) is 3.60. The van der Waals surface area contributed by atoms with Crippen LogP contribution in [-0.4, -0.2) is 12.5 Å². The van der Waals surface area contributed by atoms with Crippen LogP contribution in [-0.2, 0) is 4.79 Å². The molecule has 28 heavy (non-hydrogen) atoms. The highest BCUT2D eigenvalue weighted by molar-refractivity contribution is 8.00. The first-order valence-electron chi connectivity index (χ1n) is 8.78. The van der Waals surface area contributed by atoms with Gasteiger partial charge < -0.3 is 10.1 Å². The summed E-state index contributed by atoms with van der Waals surface area (Å²) in [4.78, 5) is 14.0. The van der Waals surface area contributed by atoms with Crippen LogP contribution in [0.1, 0.15) is 17.7 Å². The third kappa shape index (κ3) is 5.22. The molecular formula is C22H19Cl2NO2S. The second-order valence-electron chi connectivity index (χ2n) is 5.90. The van der Waals surface area contributed by atoms with E-state index in [1.807, 2.05) is 61.5 Å². The van der Waals surface area contributed by atoms with E-state index >= 15 is 0 Å². The molecule has 0 fully saturated rings. The molecule has 0 aliphatic carbocycles. The van der Waals surface area contributed by atoms with Crippen LogP contribution in [0, 0.1) is 0 Å². The van der Waals surface area contributed by atoms with Crippen LogP contribution in [0.2, 0.25) is 10.0 Å². The monoisotopic (exact) mass is 431 g/mol. The van der Waals surface area contributed by atoms with E-state index in [1.54, 1.807) is 18.2 Å². The topological polar surface area (TPSA) is 38.3 Å². The average molecular weight is 432 g/mol. The molecule has 3 aromatic rings. The minimum Gasteiger partial charge on any atom is -0.492 e. The van der Waals surface area contributed by atoms with E-state index in [0.717, 1.165) is 10.5 Å². The Balaban J connectivity index is 1.91. The highest BCUT2D eigenvalue weighted by Gasteiger charge is 2.24. The fraction of sp³-hybridized carbons (Fsp3) is 0.136. The number of para-hydroxylation sites is 2. The van der Waals surface area contributed by atoms with Crippen LogP contribution >= 0.6 is 35.0 Å². The Bertz CT molecular complexity index is 950. The number of benzene rings is 3. The number of nitrogens with one attached hydrogen (secondary N) is 1. The first kappa shape index (κ1) is 20.6. The average Bonchev–Trinajstić information content (AvgIpc) is 2.71. The number of hydrogen-bond donors (Lipinski definition) is 1. The molecule has 3 aromatic carbocycles. The van der Waals surface area contributed by atoms with E-state index in [0.29, 0.717) is 28.1 Å². The van der Waals surface area contributed by atoms with Gasteiger partial charge in [-0.15, -0.1) is 11.8 Å². The summed E-state index contributed by atoms with van der Waals surface area (Å²) in [6, 6.07) is 22.2. The molecule has 0 aliphatic heterocycles. The van der Waals surface area contributed by atoms with Gasteiger partial charge in [-0.3, -0.25) is 4.79 Å². The fourth-order valence-electron chi connectivity index (χ4n) is 2.64. The van der Waals surface area contributed by atoms with Crippen molar-refractivity contribution in [3.63, 3.8) is 0 Å². The van der Waals surface area contributed by atoms with Gasteiger partial charge in [0.2, 0.25) is 5.91 Å². The summed E-state index contributed by atoms with van der Waals surface area (Å²) in [6.07, 6.45) is 0. The Morgan fingerprint density at radius 2 is 1.75 bits per heavy atom. The third-order valence-electron chi connectivity index (χ3n) is 3.92. The lowest BCUT2D eigenvalue weighted by atomic mass is 10.1. The number of thioether (sulfide) groups is 1. The van der Waals surface area contributed by atoms with Crippen molar-refractivity contribution in [2.75, 3.05) is 11.9 Å². The lowest BCUT2D eigenvalue weighted by molar-refractivity contribution is -0.115. The lowest BCUT2D eigenvalue weighted by Crippen LogP contribution is -2.19. The highest BCUT2D eigenvalue weighted by Crippen LogP contribution is 2.41. The molecule has 1 N–H and O–H groups in total. The van der Waals surface area contributed by atoms with Crippen LogP contribution in [0.25, 0.3) is 0 Å². The summed E-state index contributed by atoms with van der Waals surface area (Å²) < 4.78 is 5.62. The molecule has 0 spiro atoms. The third-order valence-corrected chi connectivity index (χ3v) is 5.91. The summed E-state index contributed by atoms with van der Waals surface area (Å²) in [6.45, 7) is 2.42. The van der Waals surface area contributed by atoms with Gasteiger partial charge in [-0.1, -0.05) is 65.7 Å². The van der Waals surface area contributed by atoms with E-state index in [1.165, 1.54) is 11.8 Å². The van der Waals surface area contributed by atoms with Gasteiger partial charge in [0.1, 0.15) is 11.0 Å². The number of rotatable bonds is 7. The van der Waals surface area contributed by atoms with Gasteiger partial charge in [0.05, 0.1) is 17.3 Å². The van der Waals surface area contributed by atoms with Gasteiger partial charge in [0.25, 0.3) is 0 Å². The van der Waals surface area contributed by atoms with Gasteiger partial charge in [-0.2, -0.15) is 0 Å². The molecule has 0 bridgehead atoms. The molecule has 144 valence electrons. The number of hydrogen-bond acceptors (Lipinski definition) is 3. The maximum atomic E-state index is 13.2. The summed E-state index contributed by atoms with van der Waals surface area (Å²) >= 11 is 13.8. The largest absolute Gasteiger partial charge is 0.492 e. The van der Waals surface area contributed by atoms with Crippen molar-refractivity contribution < 1.29 is 9.53 Å². The Morgan fingerprint density at radius 3 is 2.50 bits per heavy atom. The molecule has 3 nitrogen and oxygen atoms in total. The summed E-state index contributed by atoms with van der Waals surface area (Å²) in [5.74, 6) is 0.468. The van der Waals surface area contributed by atoms with Crippen molar-refractivity contribution in [2.45, 2.75) is 17.1 Å². The number of carbonyl (C=O) groups is 1. The van der Waals surface area contributed by atoms with E-state index in [2.05, 4.69) is 5.32 Å². The molecule has 1 amide bonds. The quantitative estimate of drug-likeness (QED) is 0.415. The zero-order valence-corrected chi connectivity index (χ0v) is 17.5. The van der Waals surface area contributed by atoms with Crippen LogP contribution in [0.3, 0.4) is 0 Å². The zero-order chi connectivity index (χ0) is 19.9. The molecule has 0 aromatic heterocycles. The normalized spacial score (nSPS) is 11.7. The van der Waals surface area contributed by atoms with Crippen LogP contribution in [0.15, 0.2) is 77.7 Å². The summed E-state index contributed by atoms with van der Waals surface area (Å²) in [7, 11) is 0. The minimum absolute atomic E-state index is 0.167. The van der Waals surface area contributed by atoms with E-state index < -0.39 is 5.25 Å². The Kier molecular flexibility index (Phi) is 7.26. The fourth-order valence-corrected chi connectivity index (χ4v) is 4.22. The first-order chi connectivity index (χ1) is 13.6. The maximum Gasteiger partial charge on any atom is 0.242 e. The van der Waals surface area contributed by atoms with Gasteiger partial charge in [0, 0.05) is 9.92 Å². The molecular weight excluding hydrogens is 413 g/mol. The molecule has 0 saturated heterocycles. The van der Waals surface area contributed by atoms with Gasteiger partial charge in [-0.05, 0) is 42.8 Å². The Labute approximate surface area is 179 Å². The smallest absolute Gasteiger partial charge is 0.242 e. The van der Waals surface area contributed by atoms with Crippen LogP contribution in [0.4, 0.5) is 5.69 Å². The number of ether oxygens (including phenoxy) is 1. The molecule has 0 unspecified atom stereocenters. The van der Waals surface area contributed by atoms with Crippen molar-refractivity contribution in [3.8, 4) is 5.75 Å². The van der Waals surface area contributed by atoms with Crippen molar-refractivity contribution in [1.82, 2.24) is 0 Å². The van der Waals surface area contributed by atoms with Crippen LogP contribution < -0.4 is 10.1 Å². The van der Waals surface area contributed by atoms with Gasteiger partial charge in [0.15, 0.2) is 0 Å². The standard InChI is InChI=1S/C22H19Cl2NO2S/c1-2-27-19-11-7-6-10-18(19)25-22(26)21(15-8-4-3-5-9-15)28-20-14-16(23)12-13-17(20)24/h3-14,21H,2H2,1H3,(H,25,26)/t21-/m0/s1. The molecule has 0 saturated carbocycles. The van der Waals surface area contributed by atoms with Gasteiger partial charge >= 0.3 is 0 Å². The SMILES string of the molecule is CCOc1ccccc1NC(=O)[C@@H](Sc1cc(Cl)ccc1Cl)c1ccccc1. The second kappa shape index (κ2) is 9.87. The highest BCUT2D eigenvalue weighted by atomic mass is 35.5. The van der Waals surface area contributed by atoms with Crippen LogP contribution in [0.5, 0.6) is 5.75 Å².